The van der Waals surface area contributed by atoms with E-state index >= 15 is 0 Å². The van der Waals surface area contributed by atoms with Crippen molar-refractivity contribution in [1.29, 1.82) is 0 Å². The van der Waals surface area contributed by atoms with Crippen LogP contribution in [0.5, 0.6) is 0 Å². The molecule has 0 saturated heterocycles. The molecule has 5 rings (SSSR count). The van der Waals surface area contributed by atoms with Crippen LogP contribution in [0.3, 0.4) is 0 Å². The maximum Gasteiger partial charge on any atom is 0.315 e. The number of imide groups is 1. The Morgan fingerprint density at radius 2 is 1.46 bits per heavy atom. The van der Waals surface area contributed by atoms with E-state index in [4.69, 9.17) is 27.9 Å². The van der Waals surface area contributed by atoms with Crippen molar-refractivity contribution in [3.63, 3.8) is 0 Å². The quantitative estimate of drug-likeness (QED) is 0.247. The Bertz CT molecular complexity index is 1610. The number of nitrogens with zero attached hydrogens (tertiary/aromatic N) is 1. The number of hydrogen-bond donors (Lipinski definition) is 0. The van der Waals surface area contributed by atoms with Crippen LogP contribution in [0.1, 0.15) is 46.5 Å². The van der Waals surface area contributed by atoms with Gasteiger partial charge in [-0.2, -0.15) is 0 Å². The van der Waals surface area contributed by atoms with Crippen LogP contribution in [0.25, 0.3) is 0 Å². The number of carbonyl (C=O) groups excluding carboxylic acids is 5. The average Bonchev–Trinajstić information content (AvgIpc) is 3.42. The molecule has 0 unspecified atom stereocenters. The summed E-state index contributed by atoms with van der Waals surface area (Å²) in [4.78, 5) is 69.7. The highest BCUT2D eigenvalue weighted by molar-refractivity contribution is 6.31. The van der Waals surface area contributed by atoms with Gasteiger partial charge in [-0.3, -0.25) is 24.0 Å². The Hall–Kier alpha value is -4.07. The van der Waals surface area contributed by atoms with Gasteiger partial charge < -0.3 is 4.74 Å². The van der Waals surface area contributed by atoms with E-state index in [0.29, 0.717) is 26.9 Å². The number of carbonyl (C=O) groups is 5. The third kappa shape index (κ3) is 4.69. The molecule has 3 aromatic rings. The fourth-order valence-electron chi connectivity index (χ4n) is 5.97. The first-order valence-electron chi connectivity index (χ1n) is 13.0. The molecule has 3 aromatic carbocycles. The van der Waals surface area contributed by atoms with E-state index in [1.807, 2.05) is 0 Å². The van der Waals surface area contributed by atoms with Crippen molar-refractivity contribution in [3.05, 3.63) is 111 Å². The normalized spacial score (nSPS) is 21.0. The summed E-state index contributed by atoms with van der Waals surface area (Å²) >= 11 is 12.0. The molecule has 2 amide bonds. The first kappa shape index (κ1) is 28.5. The molecular formula is C32H25Cl2NO6. The maximum absolute atomic E-state index is 14.5. The summed E-state index contributed by atoms with van der Waals surface area (Å²) in [7, 11) is 0. The minimum absolute atomic E-state index is 0.00550. The number of fused-ring (bicyclic) bond motifs is 2. The molecule has 2 aliphatic rings. The van der Waals surface area contributed by atoms with Crippen molar-refractivity contribution in [2.24, 2.45) is 11.8 Å². The van der Waals surface area contributed by atoms with Crippen LogP contribution in [0.2, 0.25) is 10.0 Å². The predicted molar refractivity (Wildman–Crippen MR) is 154 cm³/mol. The number of para-hydroxylation sites is 1. The number of hydrogen-bond acceptors (Lipinski definition) is 6. The molecule has 0 N–H and O–H groups in total. The number of Topliss-reactive ketones (excluding diaryl/α,β-unsaturated/α-hetero) is 2. The first-order valence-corrected chi connectivity index (χ1v) is 13.8. The van der Waals surface area contributed by atoms with Gasteiger partial charge in [-0.25, -0.2) is 4.90 Å². The SMILES string of the molecule is CCOC(=O)[C@@H]1C(C(=O)c2ccc(Cl)cc2)=C[C@@H](CC(=O)c2ccc(Cl)cc2)[C@@]12C(=O)N(C(C)=O)c1ccccc12. The van der Waals surface area contributed by atoms with Crippen molar-refractivity contribution in [3.8, 4) is 0 Å². The van der Waals surface area contributed by atoms with Gasteiger partial charge in [0.25, 0.3) is 0 Å². The number of esters is 1. The summed E-state index contributed by atoms with van der Waals surface area (Å²) < 4.78 is 5.45. The molecule has 0 radical (unpaired) electrons. The summed E-state index contributed by atoms with van der Waals surface area (Å²) in [6.07, 6.45) is 1.31. The van der Waals surface area contributed by atoms with Crippen LogP contribution in [0, 0.1) is 11.8 Å². The van der Waals surface area contributed by atoms with Crippen LogP contribution >= 0.6 is 23.2 Å². The van der Waals surface area contributed by atoms with Gasteiger partial charge in [0.1, 0.15) is 11.3 Å². The topological polar surface area (TPSA) is 97.8 Å². The van der Waals surface area contributed by atoms with Gasteiger partial charge in [-0.15, -0.1) is 0 Å². The summed E-state index contributed by atoms with van der Waals surface area (Å²) in [6.45, 7) is 2.87. The van der Waals surface area contributed by atoms with Crippen molar-refractivity contribution in [2.45, 2.75) is 25.7 Å². The summed E-state index contributed by atoms with van der Waals surface area (Å²) in [5.74, 6) is -5.23. The fourth-order valence-corrected chi connectivity index (χ4v) is 6.22. The second-order valence-corrected chi connectivity index (χ2v) is 10.8. The molecule has 208 valence electrons. The molecule has 1 heterocycles. The minimum Gasteiger partial charge on any atom is -0.465 e. The fraction of sp³-hybridized carbons (Fsp3) is 0.219. The summed E-state index contributed by atoms with van der Waals surface area (Å²) in [5, 5.41) is 0.873. The minimum atomic E-state index is -1.77. The zero-order valence-corrected chi connectivity index (χ0v) is 23.7. The third-order valence-electron chi connectivity index (χ3n) is 7.66. The predicted octanol–water partition coefficient (Wildman–Crippen LogP) is 6.02. The standard InChI is InChI=1S/C32H25Cl2NO6/c1-3-41-30(39)28-24(29(38)20-10-14-23(34)15-11-20)16-21(17-27(37)19-8-12-22(33)13-9-19)32(28)25-6-4-5-7-26(25)35(18(2)36)31(32)40/h4-16,21,28H,3,17H2,1-2H3/t21-,28-,32-/m0/s1. The molecule has 0 saturated carbocycles. The number of anilines is 1. The van der Waals surface area contributed by atoms with E-state index in [1.165, 1.54) is 25.1 Å². The number of allylic oxidation sites excluding steroid dienone is 1. The van der Waals surface area contributed by atoms with Crippen LogP contribution in [0.15, 0.2) is 84.4 Å². The molecule has 7 nitrogen and oxygen atoms in total. The van der Waals surface area contributed by atoms with E-state index in [1.54, 1.807) is 67.6 Å². The summed E-state index contributed by atoms with van der Waals surface area (Å²) in [6, 6.07) is 19.1. The zero-order chi connectivity index (χ0) is 29.5. The van der Waals surface area contributed by atoms with Gasteiger partial charge >= 0.3 is 5.97 Å². The molecular weight excluding hydrogens is 565 g/mol. The lowest BCUT2D eigenvalue weighted by atomic mass is 9.64. The molecule has 41 heavy (non-hydrogen) atoms. The van der Waals surface area contributed by atoms with Gasteiger partial charge in [-0.05, 0) is 67.1 Å². The number of halogens is 2. The van der Waals surface area contributed by atoms with E-state index in [2.05, 4.69) is 0 Å². The lowest BCUT2D eigenvalue weighted by molar-refractivity contribution is -0.152. The first-order chi connectivity index (χ1) is 19.6. The molecule has 0 aromatic heterocycles. The highest BCUT2D eigenvalue weighted by Crippen LogP contribution is 2.58. The van der Waals surface area contributed by atoms with Gasteiger partial charge in [-0.1, -0.05) is 47.5 Å². The van der Waals surface area contributed by atoms with Crippen molar-refractivity contribution >= 4 is 58.2 Å². The number of ketones is 2. The van der Waals surface area contributed by atoms with E-state index in [-0.39, 0.29) is 29.9 Å². The highest BCUT2D eigenvalue weighted by Gasteiger charge is 2.67. The van der Waals surface area contributed by atoms with Gasteiger partial charge in [0.2, 0.25) is 11.8 Å². The lowest BCUT2D eigenvalue weighted by Crippen LogP contribution is -2.52. The number of ether oxygens (including phenoxy) is 1. The maximum atomic E-state index is 14.5. The number of rotatable bonds is 7. The Morgan fingerprint density at radius 1 is 0.878 bits per heavy atom. The van der Waals surface area contributed by atoms with Crippen LogP contribution in [-0.4, -0.2) is 36.0 Å². The molecule has 0 bridgehead atoms. The Balaban J connectivity index is 1.74. The van der Waals surface area contributed by atoms with E-state index < -0.39 is 40.8 Å². The van der Waals surface area contributed by atoms with Crippen molar-refractivity contribution in [1.82, 2.24) is 0 Å². The molecule has 1 spiro atoms. The molecule has 1 aliphatic heterocycles. The molecule has 3 atom stereocenters. The Morgan fingerprint density at radius 3 is 2.05 bits per heavy atom. The Labute approximate surface area is 246 Å². The molecule has 1 aliphatic carbocycles. The second-order valence-electron chi connectivity index (χ2n) is 9.93. The lowest BCUT2D eigenvalue weighted by Gasteiger charge is -2.35. The Kier molecular flexibility index (Phi) is 7.68. The van der Waals surface area contributed by atoms with E-state index in [9.17, 15) is 24.0 Å². The van der Waals surface area contributed by atoms with Crippen molar-refractivity contribution < 1.29 is 28.7 Å². The van der Waals surface area contributed by atoms with Gasteiger partial charge in [0.15, 0.2) is 11.6 Å². The average molecular weight is 590 g/mol. The number of benzene rings is 3. The largest absolute Gasteiger partial charge is 0.465 e. The summed E-state index contributed by atoms with van der Waals surface area (Å²) in [5.41, 5.74) is -0.469. The van der Waals surface area contributed by atoms with Crippen LogP contribution in [-0.2, 0) is 24.5 Å². The third-order valence-corrected chi connectivity index (χ3v) is 8.16. The van der Waals surface area contributed by atoms with Crippen LogP contribution < -0.4 is 4.90 Å². The van der Waals surface area contributed by atoms with Gasteiger partial charge in [0, 0.05) is 46.0 Å². The zero-order valence-electron chi connectivity index (χ0n) is 22.2. The monoisotopic (exact) mass is 589 g/mol. The number of amides is 2. The van der Waals surface area contributed by atoms with Crippen molar-refractivity contribution in [2.75, 3.05) is 11.5 Å². The molecule has 9 heteroatoms. The second kappa shape index (κ2) is 11.1. The van der Waals surface area contributed by atoms with Gasteiger partial charge in [0.05, 0.1) is 12.3 Å². The molecule has 0 fully saturated rings. The van der Waals surface area contributed by atoms with Crippen LogP contribution in [0.4, 0.5) is 5.69 Å². The van der Waals surface area contributed by atoms with E-state index in [0.717, 1.165) is 4.90 Å². The smallest absolute Gasteiger partial charge is 0.315 e. The highest BCUT2D eigenvalue weighted by atomic mass is 35.5.